The van der Waals surface area contributed by atoms with Gasteiger partial charge in [-0.15, -0.1) is 0 Å². The second-order valence-corrected chi connectivity index (χ2v) is 4.07. The number of hydrogen-bond donors (Lipinski definition) is 1. The SMILES string of the molecule is CCNc1cncc(OCC2CCCCO2)n1. The Morgan fingerprint density at radius 1 is 1.47 bits per heavy atom. The van der Waals surface area contributed by atoms with E-state index in [2.05, 4.69) is 15.3 Å². The molecule has 2 rings (SSSR count). The van der Waals surface area contributed by atoms with Crippen LogP contribution in [0.5, 0.6) is 5.88 Å². The summed E-state index contributed by atoms with van der Waals surface area (Å²) in [6.07, 6.45) is 6.97. The summed E-state index contributed by atoms with van der Waals surface area (Å²) in [5.74, 6) is 1.30. The van der Waals surface area contributed by atoms with Crippen LogP contribution >= 0.6 is 0 Å². The van der Waals surface area contributed by atoms with Crippen molar-refractivity contribution < 1.29 is 9.47 Å². The molecule has 0 spiro atoms. The van der Waals surface area contributed by atoms with Crippen LogP contribution in [0.2, 0.25) is 0 Å². The van der Waals surface area contributed by atoms with Gasteiger partial charge in [0.25, 0.3) is 0 Å². The van der Waals surface area contributed by atoms with Gasteiger partial charge in [-0.05, 0) is 26.2 Å². The maximum atomic E-state index is 5.59. The lowest BCUT2D eigenvalue weighted by atomic mass is 10.1. The summed E-state index contributed by atoms with van der Waals surface area (Å²) in [7, 11) is 0. The number of ether oxygens (including phenoxy) is 2. The van der Waals surface area contributed by atoms with E-state index in [1.165, 1.54) is 6.42 Å². The highest BCUT2D eigenvalue weighted by atomic mass is 16.5. The van der Waals surface area contributed by atoms with Gasteiger partial charge in [0.2, 0.25) is 5.88 Å². The zero-order chi connectivity index (χ0) is 11.9. The smallest absolute Gasteiger partial charge is 0.234 e. The Kier molecular flexibility index (Phi) is 4.55. The molecule has 0 bridgehead atoms. The predicted molar refractivity (Wildman–Crippen MR) is 65.3 cm³/mol. The monoisotopic (exact) mass is 237 g/mol. The largest absolute Gasteiger partial charge is 0.474 e. The van der Waals surface area contributed by atoms with Gasteiger partial charge in [-0.3, -0.25) is 4.98 Å². The second-order valence-electron chi connectivity index (χ2n) is 4.07. The minimum atomic E-state index is 0.202. The third-order valence-corrected chi connectivity index (χ3v) is 2.66. The molecule has 5 heteroatoms. The first-order valence-corrected chi connectivity index (χ1v) is 6.19. The predicted octanol–water partition coefficient (Wildman–Crippen LogP) is 1.86. The summed E-state index contributed by atoms with van der Waals surface area (Å²) < 4.78 is 11.2. The summed E-state index contributed by atoms with van der Waals surface area (Å²) in [5, 5.41) is 3.10. The van der Waals surface area contributed by atoms with Gasteiger partial charge in [0.05, 0.1) is 18.5 Å². The zero-order valence-electron chi connectivity index (χ0n) is 10.2. The van der Waals surface area contributed by atoms with Gasteiger partial charge in [-0.25, -0.2) is 0 Å². The molecular weight excluding hydrogens is 218 g/mol. The van der Waals surface area contributed by atoms with E-state index in [1.54, 1.807) is 12.4 Å². The van der Waals surface area contributed by atoms with Crippen molar-refractivity contribution in [3.05, 3.63) is 12.4 Å². The van der Waals surface area contributed by atoms with Gasteiger partial charge in [0.15, 0.2) is 0 Å². The number of anilines is 1. The molecule has 5 nitrogen and oxygen atoms in total. The zero-order valence-corrected chi connectivity index (χ0v) is 10.2. The lowest BCUT2D eigenvalue weighted by molar-refractivity contribution is -0.0119. The average molecular weight is 237 g/mol. The first-order chi connectivity index (χ1) is 8.38. The summed E-state index contributed by atoms with van der Waals surface area (Å²) in [5.41, 5.74) is 0. The molecule has 1 aliphatic rings. The standard InChI is InChI=1S/C12H19N3O2/c1-2-14-11-7-13-8-12(15-11)17-9-10-5-3-4-6-16-10/h7-8,10H,2-6,9H2,1H3,(H,14,15). The van der Waals surface area contributed by atoms with Crippen molar-refractivity contribution in [2.24, 2.45) is 0 Å². The van der Waals surface area contributed by atoms with Crippen LogP contribution in [-0.2, 0) is 4.74 Å². The highest BCUT2D eigenvalue weighted by Crippen LogP contribution is 2.15. The molecule has 94 valence electrons. The Morgan fingerprint density at radius 3 is 3.18 bits per heavy atom. The van der Waals surface area contributed by atoms with Crippen LogP contribution in [0.4, 0.5) is 5.82 Å². The lowest BCUT2D eigenvalue weighted by Crippen LogP contribution is -2.26. The molecule has 17 heavy (non-hydrogen) atoms. The van der Waals surface area contributed by atoms with E-state index in [0.29, 0.717) is 12.5 Å². The van der Waals surface area contributed by atoms with Crippen LogP contribution in [0.1, 0.15) is 26.2 Å². The third-order valence-electron chi connectivity index (χ3n) is 2.66. The second kappa shape index (κ2) is 6.39. The van der Waals surface area contributed by atoms with Crippen molar-refractivity contribution in [1.82, 2.24) is 9.97 Å². The van der Waals surface area contributed by atoms with Crippen LogP contribution < -0.4 is 10.1 Å². The molecule has 1 unspecified atom stereocenters. The maximum Gasteiger partial charge on any atom is 0.234 e. The third kappa shape index (κ3) is 3.85. The van der Waals surface area contributed by atoms with E-state index in [-0.39, 0.29) is 6.10 Å². The fourth-order valence-corrected chi connectivity index (χ4v) is 1.80. The summed E-state index contributed by atoms with van der Waals surface area (Å²) in [6.45, 7) is 4.25. The van der Waals surface area contributed by atoms with Gasteiger partial charge in [0.1, 0.15) is 12.4 Å². The van der Waals surface area contributed by atoms with Crippen molar-refractivity contribution in [2.45, 2.75) is 32.3 Å². The van der Waals surface area contributed by atoms with Gasteiger partial charge >= 0.3 is 0 Å². The number of hydrogen-bond acceptors (Lipinski definition) is 5. The van der Waals surface area contributed by atoms with Crippen molar-refractivity contribution >= 4 is 5.82 Å². The highest BCUT2D eigenvalue weighted by molar-refractivity contribution is 5.32. The fourth-order valence-electron chi connectivity index (χ4n) is 1.80. The van der Waals surface area contributed by atoms with Crippen LogP contribution in [0.25, 0.3) is 0 Å². The Morgan fingerprint density at radius 2 is 2.41 bits per heavy atom. The van der Waals surface area contributed by atoms with E-state index in [1.807, 2.05) is 6.92 Å². The molecule has 1 fully saturated rings. The summed E-state index contributed by atoms with van der Waals surface area (Å²) in [4.78, 5) is 8.37. The van der Waals surface area contributed by atoms with Crippen LogP contribution in [-0.4, -0.2) is 35.8 Å². The highest BCUT2D eigenvalue weighted by Gasteiger charge is 2.14. The molecule has 1 aromatic rings. The summed E-state index contributed by atoms with van der Waals surface area (Å²) in [6, 6.07) is 0. The van der Waals surface area contributed by atoms with Gasteiger partial charge < -0.3 is 14.8 Å². The van der Waals surface area contributed by atoms with Gasteiger partial charge in [-0.1, -0.05) is 0 Å². The average Bonchev–Trinajstić information content (AvgIpc) is 2.39. The normalized spacial score (nSPS) is 19.9. The number of rotatable bonds is 5. The quantitative estimate of drug-likeness (QED) is 0.847. The Hall–Kier alpha value is -1.36. The van der Waals surface area contributed by atoms with E-state index in [0.717, 1.165) is 31.8 Å². The molecule has 0 aliphatic carbocycles. The van der Waals surface area contributed by atoms with E-state index in [9.17, 15) is 0 Å². The maximum absolute atomic E-state index is 5.59. The molecule has 0 saturated carbocycles. The fraction of sp³-hybridized carbons (Fsp3) is 0.667. The Labute approximate surface area is 102 Å². The Bertz CT molecular complexity index is 340. The molecule has 1 saturated heterocycles. The molecule has 1 aromatic heterocycles. The first kappa shape index (κ1) is 12.1. The van der Waals surface area contributed by atoms with Crippen LogP contribution in [0.15, 0.2) is 12.4 Å². The van der Waals surface area contributed by atoms with Crippen molar-refractivity contribution in [3.8, 4) is 5.88 Å². The van der Waals surface area contributed by atoms with Crippen molar-refractivity contribution in [3.63, 3.8) is 0 Å². The van der Waals surface area contributed by atoms with Gasteiger partial charge in [-0.2, -0.15) is 4.98 Å². The number of nitrogens with zero attached hydrogens (tertiary/aromatic N) is 2. The van der Waals surface area contributed by atoms with Crippen molar-refractivity contribution in [2.75, 3.05) is 25.1 Å². The molecule has 1 N–H and O–H groups in total. The molecule has 0 radical (unpaired) electrons. The summed E-state index contributed by atoms with van der Waals surface area (Å²) >= 11 is 0. The van der Waals surface area contributed by atoms with Crippen LogP contribution in [0, 0.1) is 0 Å². The van der Waals surface area contributed by atoms with E-state index in [4.69, 9.17) is 9.47 Å². The van der Waals surface area contributed by atoms with E-state index >= 15 is 0 Å². The minimum Gasteiger partial charge on any atom is -0.474 e. The molecule has 0 aromatic carbocycles. The topological polar surface area (TPSA) is 56.3 Å². The number of nitrogens with one attached hydrogen (secondary N) is 1. The first-order valence-electron chi connectivity index (χ1n) is 6.19. The van der Waals surface area contributed by atoms with Crippen LogP contribution in [0.3, 0.4) is 0 Å². The van der Waals surface area contributed by atoms with Gasteiger partial charge in [0, 0.05) is 13.2 Å². The minimum absolute atomic E-state index is 0.202. The molecule has 1 atom stereocenters. The Balaban J connectivity index is 1.83. The molecular formula is C12H19N3O2. The van der Waals surface area contributed by atoms with Crippen molar-refractivity contribution in [1.29, 1.82) is 0 Å². The molecule has 1 aliphatic heterocycles. The number of aromatic nitrogens is 2. The molecule has 2 heterocycles. The lowest BCUT2D eigenvalue weighted by Gasteiger charge is -2.22. The van der Waals surface area contributed by atoms with E-state index < -0.39 is 0 Å². The molecule has 0 amide bonds.